The lowest BCUT2D eigenvalue weighted by molar-refractivity contribution is -0.0366. The molecule has 0 bridgehead atoms. The predicted molar refractivity (Wildman–Crippen MR) is 92.2 cm³/mol. The molecular weight excluding hydrogens is 306 g/mol. The number of ether oxygens (including phenoxy) is 1. The van der Waals surface area contributed by atoms with Gasteiger partial charge in [-0.2, -0.15) is 0 Å². The van der Waals surface area contributed by atoms with Gasteiger partial charge in [0.1, 0.15) is 11.9 Å². The van der Waals surface area contributed by atoms with Gasteiger partial charge in [-0.1, -0.05) is 6.07 Å². The average molecular weight is 329 g/mol. The van der Waals surface area contributed by atoms with Crippen LogP contribution in [0.5, 0.6) is 5.75 Å². The zero-order valence-electron chi connectivity index (χ0n) is 14.2. The molecule has 0 spiro atoms. The van der Waals surface area contributed by atoms with Crippen LogP contribution in [0.15, 0.2) is 24.3 Å². The van der Waals surface area contributed by atoms with Gasteiger partial charge in [-0.3, -0.25) is 0 Å². The van der Waals surface area contributed by atoms with Crippen molar-refractivity contribution in [3.05, 3.63) is 35.4 Å². The van der Waals surface area contributed by atoms with Crippen molar-refractivity contribution in [3.8, 4) is 17.0 Å². The number of nitrogens with zero attached hydrogens (tertiary/aromatic N) is 3. The number of phenolic OH excluding ortho intramolecular Hbond substituents is 1. The monoisotopic (exact) mass is 329 g/mol. The van der Waals surface area contributed by atoms with E-state index in [1.807, 2.05) is 32.0 Å². The topological polar surface area (TPSA) is 78.7 Å². The van der Waals surface area contributed by atoms with Crippen LogP contribution in [-0.4, -0.2) is 52.3 Å². The lowest BCUT2D eigenvalue weighted by Gasteiger charge is -2.34. The zero-order chi connectivity index (χ0) is 17.3. The number of aliphatic hydroxyl groups excluding tert-OH is 1. The third-order valence-corrected chi connectivity index (χ3v) is 4.32. The molecule has 2 atom stereocenters. The standard InChI is InChI=1S/C18H23N3O3/c1-11-8-12(2)18(15(23)9-11)14-4-5-17(20-19-14)21-6-7-24-16(10-21)13(3)22/h4-5,8-9,13,16,22-23H,6-7,10H2,1-3H3/t13-,16?/m0/s1. The number of phenols is 1. The van der Waals surface area contributed by atoms with Crippen LogP contribution in [0.2, 0.25) is 0 Å². The first-order chi connectivity index (χ1) is 11.5. The lowest BCUT2D eigenvalue weighted by atomic mass is 10.0. The van der Waals surface area contributed by atoms with Crippen LogP contribution in [0.3, 0.4) is 0 Å². The lowest BCUT2D eigenvalue weighted by Crippen LogP contribution is -2.47. The molecule has 2 aromatic rings. The number of anilines is 1. The molecular formula is C18H23N3O3. The van der Waals surface area contributed by atoms with Gasteiger partial charge in [0.2, 0.25) is 0 Å². The van der Waals surface area contributed by atoms with E-state index in [0.717, 1.165) is 16.9 Å². The van der Waals surface area contributed by atoms with Gasteiger partial charge in [0, 0.05) is 18.7 Å². The molecule has 1 saturated heterocycles. The van der Waals surface area contributed by atoms with Gasteiger partial charge in [0.15, 0.2) is 5.82 Å². The Morgan fingerprint density at radius 3 is 2.67 bits per heavy atom. The van der Waals surface area contributed by atoms with Crippen molar-refractivity contribution in [3.63, 3.8) is 0 Å². The summed E-state index contributed by atoms with van der Waals surface area (Å²) in [6, 6.07) is 7.51. The highest BCUT2D eigenvalue weighted by molar-refractivity contribution is 5.71. The van der Waals surface area contributed by atoms with Gasteiger partial charge in [0.25, 0.3) is 0 Å². The molecule has 0 radical (unpaired) electrons. The molecule has 0 amide bonds. The van der Waals surface area contributed by atoms with Crippen molar-refractivity contribution in [2.75, 3.05) is 24.6 Å². The van der Waals surface area contributed by atoms with Crippen LogP contribution in [0.4, 0.5) is 5.82 Å². The summed E-state index contributed by atoms with van der Waals surface area (Å²) >= 11 is 0. The molecule has 1 aromatic carbocycles. The van der Waals surface area contributed by atoms with Crippen LogP contribution in [-0.2, 0) is 4.74 Å². The molecule has 2 heterocycles. The fourth-order valence-corrected chi connectivity index (χ4v) is 3.08. The van der Waals surface area contributed by atoms with Crippen LogP contribution >= 0.6 is 0 Å². The third kappa shape index (κ3) is 3.34. The molecule has 3 rings (SSSR count). The molecule has 1 aliphatic rings. The van der Waals surface area contributed by atoms with Crippen LogP contribution in [0.25, 0.3) is 11.3 Å². The summed E-state index contributed by atoms with van der Waals surface area (Å²) in [5.74, 6) is 0.965. The van der Waals surface area contributed by atoms with Gasteiger partial charge in [0.05, 0.1) is 18.4 Å². The predicted octanol–water partition coefficient (Wildman–Crippen LogP) is 2.05. The Hall–Kier alpha value is -2.18. The van der Waals surface area contributed by atoms with Crippen molar-refractivity contribution >= 4 is 5.82 Å². The van der Waals surface area contributed by atoms with E-state index >= 15 is 0 Å². The Labute approximate surface area is 141 Å². The van der Waals surface area contributed by atoms with Crippen LogP contribution in [0, 0.1) is 13.8 Å². The van der Waals surface area contributed by atoms with E-state index in [1.54, 1.807) is 13.0 Å². The summed E-state index contributed by atoms with van der Waals surface area (Å²) in [5, 5.41) is 28.5. The highest BCUT2D eigenvalue weighted by Gasteiger charge is 2.25. The number of aryl methyl sites for hydroxylation is 2. The van der Waals surface area contributed by atoms with Gasteiger partial charge in [-0.25, -0.2) is 0 Å². The number of aliphatic hydroxyl groups is 1. The molecule has 6 heteroatoms. The highest BCUT2D eigenvalue weighted by Crippen LogP contribution is 2.32. The summed E-state index contributed by atoms with van der Waals surface area (Å²) in [6.07, 6.45) is -0.740. The van der Waals surface area contributed by atoms with Gasteiger partial charge in [-0.05, 0) is 50.1 Å². The summed E-state index contributed by atoms with van der Waals surface area (Å²) in [7, 11) is 0. The Morgan fingerprint density at radius 2 is 2.04 bits per heavy atom. The number of aromatic nitrogens is 2. The molecule has 1 unspecified atom stereocenters. The van der Waals surface area contributed by atoms with Crippen LogP contribution < -0.4 is 4.90 Å². The van der Waals surface area contributed by atoms with Crippen molar-refractivity contribution in [2.24, 2.45) is 0 Å². The highest BCUT2D eigenvalue weighted by atomic mass is 16.5. The van der Waals surface area contributed by atoms with E-state index in [0.29, 0.717) is 31.0 Å². The first kappa shape index (κ1) is 16.7. The van der Waals surface area contributed by atoms with Gasteiger partial charge < -0.3 is 19.8 Å². The second kappa shape index (κ2) is 6.75. The van der Waals surface area contributed by atoms with Crippen molar-refractivity contribution < 1.29 is 14.9 Å². The maximum atomic E-state index is 10.2. The van der Waals surface area contributed by atoms with Crippen LogP contribution in [0.1, 0.15) is 18.1 Å². The normalized spacial score (nSPS) is 19.3. The van der Waals surface area contributed by atoms with E-state index in [1.165, 1.54) is 0 Å². The summed E-state index contributed by atoms with van der Waals surface area (Å²) in [4.78, 5) is 2.06. The molecule has 24 heavy (non-hydrogen) atoms. The number of aromatic hydroxyl groups is 1. The molecule has 2 N–H and O–H groups in total. The Bertz CT molecular complexity index is 693. The maximum Gasteiger partial charge on any atom is 0.151 e. The molecule has 0 saturated carbocycles. The largest absolute Gasteiger partial charge is 0.507 e. The first-order valence-electron chi connectivity index (χ1n) is 8.14. The number of hydrogen-bond acceptors (Lipinski definition) is 6. The van der Waals surface area contributed by atoms with E-state index in [2.05, 4.69) is 15.1 Å². The minimum Gasteiger partial charge on any atom is -0.507 e. The van der Waals surface area contributed by atoms with Crippen molar-refractivity contribution in [1.82, 2.24) is 10.2 Å². The van der Waals surface area contributed by atoms with E-state index in [-0.39, 0.29) is 11.9 Å². The molecule has 128 valence electrons. The zero-order valence-corrected chi connectivity index (χ0v) is 14.2. The summed E-state index contributed by atoms with van der Waals surface area (Å²) < 4.78 is 5.55. The molecule has 1 fully saturated rings. The Morgan fingerprint density at radius 1 is 1.25 bits per heavy atom. The number of hydrogen-bond donors (Lipinski definition) is 2. The second-order valence-electron chi connectivity index (χ2n) is 6.35. The maximum absolute atomic E-state index is 10.2. The minimum atomic E-state index is -0.521. The first-order valence-corrected chi connectivity index (χ1v) is 8.14. The SMILES string of the molecule is Cc1cc(C)c(-c2ccc(N3CCOC([C@H](C)O)C3)nn2)c(O)c1. The van der Waals surface area contributed by atoms with E-state index in [9.17, 15) is 10.2 Å². The second-order valence-corrected chi connectivity index (χ2v) is 6.35. The Kier molecular flexibility index (Phi) is 4.69. The van der Waals surface area contributed by atoms with E-state index < -0.39 is 6.10 Å². The smallest absolute Gasteiger partial charge is 0.151 e. The summed E-state index contributed by atoms with van der Waals surface area (Å²) in [5.41, 5.74) is 3.34. The van der Waals surface area contributed by atoms with Gasteiger partial charge >= 0.3 is 0 Å². The third-order valence-electron chi connectivity index (χ3n) is 4.32. The molecule has 6 nitrogen and oxygen atoms in total. The minimum absolute atomic E-state index is 0.218. The van der Waals surface area contributed by atoms with Crippen molar-refractivity contribution in [2.45, 2.75) is 33.0 Å². The van der Waals surface area contributed by atoms with E-state index in [4.69, 9.17) is 4.74 Å². The molecule has 1 aromatic heterocycles. The number of benzene rings is 1. The molecule has 0 aliphatic carbocycles. The molecule has 1 aliphatic heterocycles. The fraction of sp³-hybridized carbons (Fsp3) is 0.444. The number of rotatable bonds is 3. The quantitative estimate of drug-likeness (QED) is 0.897. The Balaban J connectivity index is 1.84. The fourth-order valence-electron chi connectivity index (χ4n) is 3.08. The average Bonchev–Trinajstić information content (AvgIpc) is 2.54. The van der Waals surface area contributed by atoms with Crippen molar-refractivity contribution in [1.29, 1.82) is 0 Å². The van der Waals surface area contributed by atoms with Gasteiger partial charge in [-0.15, -0.1) is 10.2 Å². The number of morpholine rings is 1. The summed E-state index contributed by atoms with van der Waals surface area (Å²) in [6.45, 7) is 7.48.